The predicted octanol–water partition coefficient (Wildman–Crippen LogP) is 2.88. The molecule has 1 unspecified atom stereocenters. The van der Waals surface area contributed by atoms with Crippen LogP contribution in [0.4, 0.5) is 0 Å². The number of carbonyl (C=O) groups excluding carboxylic acids is 1. The van der Waals surface area contributed by atoms with Gasteiger partial charge in [0.2, 0.25) is 0 Å². The van der Waals surface area contributed by atoms with Gasteiger partial charge in [-0.25, -0.2) is 0 Å². The number of carbonyl (C=O) groups is 1. The number of ketones is 1. The second kappa shape index (κ2) is 3.70. The molecule has 0 spiro atoms. The fourth-order valence-corrected chi connectivity index (χ4v) is 1.60. The van der Waals surface area contributed by atoms with Gasteiger partial charge < -0.3 is 0 Å². The summed E-state index contributed by atoms with van der Waals surface area (Å²) < 4.78 is 0. The SMILES string of the molecule is C=C(C)C1CC=C(C(C)=O)CC1. The molecular weight excluding hydrogens is 148 g/mol. The van der Waals surface area contributed by atoms with Crippen LogP contribution in [-0.4, -0.2) is 5.78 Å². The average Bonchev–Trinajstić information content (AvgIpc) is 2.04. The monoisotopic (exact) mass is 164 g/mol. The van der Waals surface area contributed by atoms with E-state index in [0.717, 1.165) is 24.8 Å². The van der Waals surface area contributed by atoms with Crippen molar-refractivity contribution in [3.05, 3.63) is 23.8 Å². The van der Waals surface area contributed by atoms with E-state index >= 15 is 0 Å². The Labute approximate surface area is 74.2 Å². The topological polar surface area (TPSA) is 17.1 Å². The van der Waals surface area contributed by atoms with E-state index in [9.17, 15) is 4.79 Å². The maximum atomic E-state index is 11.0. The van der Waals surface area contributed by atoms with E-state index in [1.165, 1.54) is 5.57 Å². The van der Waals surface area contributed by atoms with Gasteiger partial charge in [0.25, 0.3) is 0 Å². The standard InChI is InChI=1S/C11H16O/c1-8(2)10-4-6-11(7-5-10)9(3)12/h6,10H,1,4-5,7H2,2-3H3. The number of hydrogen-bond donors (Lipinski definition) is 0. The van der Waals surface area contributed by atoms with Gasteiger partial charge in [0.1, 0.15) is 0 Å². The van der Waals surface area contributed by atoms with E-state index in [1.807, 2.05) is 0 Å². The van der Waals surface area contributed by atoms with Crippen molar-refractivity contribution in [2.45, 2.75) is 33.1 Å². The lowest BCUT2D eigenvalue weighted by Crippen LogP contribution is -2.09. The summed E-state index contributed by atoms with van der Waals surface area (Å²) in [5, 5.41) is 0. The number of rotatable bonds is 2. The van der Waals surface area contributed by atoms with Gasteiger partial charge in [-0.2, -0.15) is 0 Å². The Morgan fingerprint density at radius 3 is 2.58 bits per heavy atom. The van der Waals surface area contributed by atoms with E-state index in [4.69, 9.17) is 0 Å². The molecule has 1 atom stereocenters. The molecule has 1 rings (SSSR count). The summed E-state index contributed by atoms with van der Waals surface area (Å²) in [6.07, 6.45) is 5.11. The highest BCUT2D eigenvalue weighted by molar-refractivity contribution is 5.93. The summed E-state index contributed by atoms with van der Waals surface area (Å²) in [6.45, 7) is 7.65. The Morgan fingerprint density at radius 2 is 2.25 bits per heavy atom. The molecule has 0 aromatic carbocycles. The van der Waals surface area contributed by atoms with Gasteiger partial charge in [0, 0.05) is 0 Å². The molecule has 1 heteroatoms. The molecule has 0 saturated heterocycles. The van der Waals surface area contributed by atoms with Gasteiger partial charge in [0.05, 0.1) is 0 Å². The molecule has 66 valence electrons. The zero-order valence-corrected chi connectivity index (χ0v) is 7.89. The highest BCUT2D eigenvalue weighted by Crippen LogP contribution is 2.28. The molecule has 1 aliphatic rings. The van der Waals surface area contributed by atoms with Gasteiger partial charge in [0.15, 0.2) is 5.78 Å². The summed E-state index contributed by atoms with van der Waals surface area (Å²) in [4.78, 5) is 11.0. The molecule has 0 fully saturated rings. The third kappa shape index (κ3) is 2.07. The lowest BCUT2D eigenvalue weighted by Gasteiger charge is -2.20. The van der Waals surface area contributed by atoms with Crippen LogP contribution in [0, 0.1) is 5.92 Å². The first-order valence-corrected chi connectivity index (χ1v) is 4.46. The first-order valence-electron chi connectivity index (χ1n) is 4.46. The molecule has 1 nitrogen and oxygen atoms in total. The summed E-state index contributed by atoms with van der Waals surface area (Å²) >= 11 is 0. The average molecular weight is 164 g/mol. The van der Waals surface area contributed by atoms with Crippen LogP contribution in [0.5, 0.6) is 0 Å². The zero-order chi connectivity index (χ0) is 9.14. The van der Waals surface area contributed by atoms with Crippen molar-refractivity contribution in [2.24, 2.45) is 5.92 Å². The number of allylic oxidation sites excluding steroid dienone is 3. The number of Topliss-reactive ketones (excluding diaryl/α,β-unsaturated/α-hetero) is 1. The molecule has 0 amide bonds. The van der Waals surface area contributed by atoms with Gasteiger partial charge in [-0.1, -0.05) is 18.2 Å². The van der Waals surface area contributed by atoms with Crippen LogP contribution in [0.1, 0.15) is 33.1 Å². The lowest BCUT2D eigenvalue weighted by molar-refractivity contribution is -0.113. The van der Waals surface area contributed by atoms with Gasteiger partial charge >= 0.3 is 0 Å². The second-order valence-corrected chi connectivity index (χ2v) is 3.60. The normalized spacial score (nSPS) is 23.2. The van der Waals surface area contributed by atoms with Crippen molar-refractivity contribution in [2.75, 3.05) is 0 Å². The minimum Gasteiger partial charge on any atom is -0.295 e. The van der Waals surface area contributed by atoms with Crippen LogP contribution in [0.2, 0.25) is 0 Å². The molecule has 0 radical (unpaired) electrons. The maximum Gasteiger partial charge on any atom is 0.155 e. The van der Waals surface area contributed by atoms with Crippen LogP contribution in [-0.2, 0) is 4.79 Å². The van der Waals surface area contributed by atoms with Gasteiger partial charge in [-0.15, -0.1) is 0 Å². The third-order valence-electron chi connectivity index (χ3n) is 2.56. The highest BCUT2D eigenvalue weighted by Gasteiger charge is 2.16. The molecular formula is C11H16O. The fraction of sp³-hybridized carbons (Fsp3) is 0.545. The van der Waals surface area contributed by atoms with Gasteiger partial charge in [-0.05, 0) is 44.6 Å². The Balaban J connectivity index is 2.59. The summed E-state index contributed by atoms with van der Waals surface area (Å²) in [5.41, 5.74) is 2.25. The summed E-state index contributed by atoms with van der Waals surface area (Å²) in [5.74, 6) is 0.836. The minimum absolute atomic E-state index is 0.232. The highest BCUT2D eigenvalue weighted by atomic mass is 16.1. The molecule has 0 saturated carbocycles. The molecule has 1 aliphatic carbocycles. The molecule has 0 aliphatic heterocycles. The largest absolute Gasteiger partial charge is 0.295 e. The molecule has 0 heterocycles. The zero-order valence-electron chi connectivity index (χ0n) is 7.89. The minimum atomic E-state index is 0.232. The third-order valence-corrected chi connectivity index (χ3v) is 2.56. The smallest absolute Gasteiger partial charge is 0.155 e. The van der Waals surface area contributed by atoms with E-state index < -0.39 is 0 Å². The van der Waals surface area contributed by atoms with Crippen LogP contribution >= 0.6 is 0 Å². The fourth-order valence-electron chi connectivity index (χ4n) is 1.60. The van der Waals surface area contributed by atoms with E-state index in [1.54, 1.807) is 6.92 Å². The van der Waals surface area contributed by atoms with Crippen molar-refractivity contribution in [3.63, 3.8) is 0 Å². The molecule has 12 heavy (non-hydrogen) atoms. The molecule has 0 N–H and O–H groups in total. The van der Waals surface area contributed by atoms with Crippen LogP contribution < -0.4 is 0 Å². The van der Waals surface area contributed by atoms with Crippen molar-refractivity contribution in [1.29, 1.82) is 0 Å². The van der Waals surface area contributed by atoms with Crippen molar-refractivity contribution in [1.82, 2.24) is 0 Å². The first-order chi connectivity index (χ1) is 5.61. The Kier molecular flexibility index (Phi) is 2.85. The first kappa shape index (κ1) is 9.24. The summed E-state index contributed by atoms with van der Waals surface area (Å²) in [6, 6.07) is 0. The lowest BCUT2D eigenvalue weighted by atomic mass is 9.84. The van der Waals surface area contributed by atoms with Crippen molar-refractivity contribution < 1.29 is 4.79 Å². The van der Waals surface area contributed by atoms with Gasteiger partial charge in [-0.3, -0.25) is 4.79 Å². The van der Waals surface area contributed by atoms with Crippen LogP contribution in [0.25, 0.3) is 0 Å². The predicted molar refractivity (Wildman–Crippen MR) is 50.9 cm³/mol. The van der Waals surface area contributed by atoms with E-state index in [0.29, 0.717) is 5.92 Å². The summed E-state index contributed by atoms with van der Waals surface area (Å²) in [7, 11) is 0. The van der Waals surface area contributed by atoms with Crippen LogP contribution in [0.15, 0.2) is 23.8 Å². The number of hydrogen-bond acceptors (Lipinski definition) is 1. The Bertz CT molecular complexity index is 235. The quantitative estimate of drug-likeness (QED) is 0.573. The van der Waals surface area contributed by atoms with Crippen molar-refractivity contribution >= 4 is 5.78 Å². The second-order valence-electron chi connectivity index (χ2n) is 3.60. The Morgan fingerprint density at radius 1 is 1.58 bits per heavy atom. The van der Waals surface area contributed by atoms with Crippen LogP contribution in [0.3, 0.4) is 0 Å². The molecule has 0 aromatic heterocycles. The molecule has 0 aromatic rings. The maximum absolute atomic E-state index is 11.0. The van der Waals surface area contributed by atoms with E-state index in [-0.39, 0.29) is 5.78 Å². The Hall–Kier alpha value is -0.850. The van der Waals surface area contributed by atoms with Crippen molar-refractivity contribution in [3.8, 4) is 0 Å². The van der Waals surface area contributed by atoms with E-state index in [2.05, 4.69) is 19.6 Å². The molecule has 0 bridgehead atoms.